The van der Waals surface area contributed by atoms with Crippen LogP contribution in [0.5, 0.6) is 0 Å². The number of nitrogens with zero attached hydrogens (tertiary/aromatic N) is 2. The molecular weight excluding hydrogens is 620 g/mol. The molecule has 1 saturated heterocycles. The molecule has 4 amide bonds. The molecule has 0 radical (unpaired) electrons. The van der Waals surface area contributed by atoms with Gasteiger partial charge < -0.3 is 26.8 Å². The average Bonchev–Trinajstić information content (AvgIpc) is 3.06. The fraction of sp³-hybridized carbons (Fsp3) is 0.500. The highest BCUT2D eigenvalue weighted by Crippen LogP contribution is 2.39. The van der Waals surface area contributed by atoms with Gasteiger partial charge in [0.15, 0.2) is 0 Å². The number of amides is 4. The number of nitrogens with two attached hydrogens (primary N) is 1. The highest BCUT2D eigenvalue weighted by molar-refractivity contribution is 5.98. The minimum absolute atomic E-state index is 0.0479. The van der Waals surface area contributed by atoms with Crippen molar-refractivity contribution in [2.75, 3.05) is 13.1 Å². The fourth-order valence-electron chi connectivity index (χ4n) is 7.24. The van der Waals surface area contributed by atoms with Gasteiger partial charge in [-0.1, -0.05) is 73.9 Å². The number of rotatable bonds is 12. The van der Waals surface area contributed by atoms with Crippen LogP contribution in [0.15, 0.2) is 66.7 Å². The lowest BCUT2D eigenvalue weighted by Crippen LogP contribution is -2.60. The quantitative estimate of drug-likeness (QED) is 0.198. The first kappa shape index (κ1) is 35.9. The number of aliphatic hydroxyl groups excluding tert-OH is 1. The third-order valence-electron chi connectivity index (χ3n) is 9.70. The summed E-state index contributed by atoms with van der Waals surface area (Å²) in [5.41, 5.74) is 6.85. The molecule has 6 N–H and O–H groups in total. The maximum absolute atomic E-state index is 13.6. The molecule has 2 aliphatic rings. The van der Waals surface area contributed by atoms with E-state index >= 15 is 0 Å². The number of aromatic nitrogens is 1. The minimum Gasteiger partial charge on any atom is -0.390 e. The second-order valence-electron chi connectivity index (χ2n) is 14.7. The average molecular weight is 671 g/mol. The van der Waals surface area contributed by atoms with Gasteiger partial charge in [-0.05, 0) is 69.6 Å². The van der Waals surface area contributed by atoms with Crippen molar-refractivity contribution in [1.82, 2.24) is 25.8 Å². The van der Waals surface area contributed by atoms with E-state index in [1.165, 1.54) is 6.42 Å². The van der Waals surface area contributed by atoms with Crippen LogP contribution >= 0.6 is 0 Å². The molecule has 0 unspecified atom stereocenters. The van der Waals surface area contributed by atoms with Crippen molar-refractivity contribution in [3.05, 3.63) is 78.0 Å². The Labute approximate surface area is 288 Å². The van der Waals surface area contributed by atoms with Gasteiger partial charge >= 0.3 is 0 Å². The number of hydrogen-bond acceptors (Lipinski definition) is 7. The number of hydrogen-bond donors (Lipinski definition) is 5. The number of para-hydroxylation sites is 1. The normalized spacial score (nSPS) is 21.5. The summed E-state index contributed by atoms with van der Waals surface area (Å²) in [6, 6.07) is 17.7. The molecule has 262 valence electrons. The zero-order valence-electron chi connectivity index (χ0n) is 28.7. The number of carbonyl (C=O) groups is 4. The molecule has 0 bridgehead atoms. The van der Waals surface area contributed by atoms with Gasteiger partial charge in [0, 0.05) is 24.0 Å². The molecule has 49 heavy (non-hydrogen) atoms. The van der Waals surface area contributed by atoms with E-state index in [9.17, 15) is 24.3 Å². The Kier molecular flexibility index (Phi) is 11.7. The van der Waals surface area contributed by atoms with Gasteiger partial charge in [-0.2, -0.15) is 0 Å². The summed E-state index contributed by atoms with van der Waals surface area (Å²) in [5.74, 6) is -1.17. The monoisotopic (exact) mass is 670 g/mol. The molecule has 0 spiro atoms. The summed E-state index contributed by atoms with van der Waals surface area (Å²) in [7, 11) is 0. The Morgan fingerprint density at radius 1 is 0.939 bits per heavy atom. The van der Waals surface area contributed by atoms with E-state index in [2.05, 4.69) is 25.8 Å². The van der Waals surface area contributed by atoms with Crippen LogP contribution in [0.2, 0.25) is 0 Å². The van der Waals surface area contributed by atoms with Crippen molar-refractivity contribution >= 4 is 34.5 Å². The van der Waals surface area contributed by atoms with Crippen LogP contribution in [0.3, 0.4) is 0 Å². The van der Waals surface area contributed by atoms with E-state index < -0.39 is 47.9 Å². The molecule has 1 aliphatic carbocycles. The number of fused-ring (bicyclic) bond motifs is 2. The van der Waals surface area contributed by atoms with Crippen LogP contribution in [0.4, 0.5) is 0 Å². The smallest absolute Gasteiger partial charge is 0.270 e. The third-order valence-corrected chi connectivity index (χ3v) is 9.70. The first-order valence-corrected chi connectivity index (χ1v) is 17.4. The van der Waals surface area contributed by atoms with Gasteiger partial charge in [0.05, 0.1) is 30.1 Å². The summed E-state index contributed by atoms with van der Waals surface area (Å²) in [6.07, 6.45) is 4.16. The Morgan fingerprint density at radius 3 is 2.35 bits per heavy atom. The van der Waals surface area contributed by atoms with Crippen molar-refractivity contribution in [2.24, 2.45) is 17.6 Å². The molecule has 5 rings (SSSR count). The van der Waals surface area contributed by atoms with Crippen LogP contribution in [-0.2, 0) is 20.8 Å². The topological polar surface area (TPSA) is 167 Å². The van der Waals surface area contributed by atoms with Crippen LogP contribution < -0.4 is 21.7 Å². The van der Waals surface area contributed by atoms with Crippen LogP contribution in [0.1, 0.15) is 75.3 Å². The van der Waals surface area contributed by atoms with Crippen molar-refractivity contribution in [2.45, 2.75) is 95.5 Å². The van der Waals surface area contributed by atoms with Crippen molar-refractivity contribution in [3.63, 3.8) is 0 Å². The van der Waals surface area contributed by atoms with E-state index in [1.54, 1.807) is 18.2 Å². The predicted octanol–water partition coefficient (Wildman–Crippen LogP) is 3.09. The summed E-state index contributed by atoms with van der Waals surface area (Å²) >= 11 is 0. The van der Waals surface area contributed by atoms with Crippen molar-refractivity contribution < 1.29 is 24.3 Å². The van der Waals surface area contributed by atoms with E-state index in [-0.39, 0.29) is 24.2 Å². The zero-order valence-corrected chi connectivity index (χ0v) is 28.7. The lowest BCUT2D eigenvalue weighted by atomic mass is 9.72. The molecule has 3 aromatic rings. The molecule has 1 saturated carbocycles. The lowest BCUT2D eigenvalue weighted by Gasteiger charge is -2.47. The van der Waals surface area contributed by atoms with E-state index in [1.807, 2.05) is 69.3 Å². The number of piperidine rings is 1. The lowest BCUT2D eigenvalue weighted by molar-refractivity contribution is -0.133. The molecule has 2 aromatic carbocycles. The molecular formula is C38H50N6O5. The second kappa shape index (κ2) is 15.9. The number of nitrogens with one attached hydrogen (secondary N) is 3. The SMILES string of the molecule is CC(C)(C)NC(=O)[C@@H]1C[C@@H]2CCCC[C@@H]2CN1C[C@@H](O)[C@H](Cc1ccccc1)NC(=O)C[C@H](NC(=O)c1ccc2ccccc2n1)C(N)=O. The minimum atomic E-state index is -1.30. The van der Waals surface area contributed by atoms with Gasteiger partial charge in [0.25, 0.3) is 5.91 Å². The Bertz CT molecular complexity index is 1630. The van der Waals surface area contributed by atoms with Crippen LogP contribution in [-0.4, -0.2) is 81.5 Å². The number of pyridine rings is 1. The van der Waals surface area contributed by atoms with Gasteiger partial charge in [-0.3, -0.25) is 24.1 Å². The number of primary amides is 1. The molecule has 6 atom stereocenters. The van der Waals surface area contributed by atoms with Gasteiger partial charge in [0.2, 0.25) is 17.7 Å². The molecule has 1 aliphatic heterocycles. The zero-order chi connectivity index (χ0) is 35.1. The second-order valence-corrected chi connectivity index (χ2v) is 14.7. The number of benzene rings is 2. The molecule has 2 fully saturated rings. The van der Waals surface area contributed by atoms with Crippen LogP contribution in [0.25, 0.3) is 10.9 Å². The third kappa shape index (κ3) is 9.86. The number of likely N-dealkylation sites (tertiary alicyclic amines) is 1. The molecule has 2 heterocycles. The maximum Gasteiger partial charge on any atom is 0.270 e. The van der Waals surface area contributed by atoms with Crippen molar-refractivity contribution in [3.8, 4) is 0 Å². The van der Waals surface area contributed by atoms with Gasteiger partial charge in [0.1, 0.15) is 11.7 Å². The first-order valence-electron chi connectivity index (χ1n) is 17.4. The van der Waals surface area contributed by atoms with Crippen LogP contribution in [0, 0.1) is 11.8 Å². The summed E-state index contributed by atoms with van der Waals surface area (Å²) in [5, 5.41) is 21.2. The van der Waals surface area contributed by atoms with Gasteiger partial charge in [-0.15, -0.1) is 0 Å². The Morgan fingerprint density at radius 2 is 1.63 bits per heavy atom. The highest BCUT2D eigenvalue weighted by atomic mass is 16.3. The summed E-state index contributed by atoms with van der Waals surface area (Å²) in [4.78, 5) is 59.0. The van der Waals surface area contributed by atoms with E-state index in [0.29, 0.717) is 30.3 Å². The highest BCUT2D eigenvalue weighted by Gasteiger charge is 2.42. The molecule has 11 heteroatoms. The predicted molar refractivity (Wildman–Crippen MR) is 188 cm³/mol. The fourth-order valence-corrected chi connectivity index (χ4v) is 7.24. The van der Waals surface area contributed by atoms with Gasteiger partial charge in [-0.25, -0.2) is 4.98 Å². The van der Waals surface area contributed by atoms with Crippen molar-refractivity contribution in [1.29, 1.82) is 0 Å². The standard InChI is InChI=1S/C38H50N6O5/c1-38(2,3)43-37(49)32-20-26-14-7-8-15-27(26)22-44(32)23-33(45)30(19-24-11-5-4-6-12-24)41-34(46)21-31(35(39)47)42-36(48)29-18-17-25-13-9-10-16-28(25)40-29/h4-6,9-13,16-18,26-27,30-33,45H,7-8,14-15,19-23H2,1-3H3,(H2,39,47)(H,41,46)(H,42,48)(H,43,49)/t26-,27+,30-,31-,32-,33+/m0/s1. The maximum atomic E-state index is 13.6. The van der Waals surface area contributed by atoms with E-state index in [0.717, 1.165) is 36.6 Å². The summed E-state index contributed by atoms with van der Waals surface area (Å²) in [6.45, 7) is 6.77. The molecule has 11 nitrogen and oxygen atoms in total. The number of β-amino-alcohol motifs (C(OH)–C–C–N with tert-alkyl or cyclic N) is 1. The largest absolute Gasteiger partial charge is 0.390 e. The Balaban J connectivity index is 1.30. The van der Waals surface area contributed by atoms with E-state index in [4.69, 9.17) is 5.73 Å². The first-order chi connectivity index (χ1) is 23.4. The summed E-state index contributed by atoms with van der Waals surface area (Å²) < 4.78 is 0. The number of aliphatic hydroxyl groups is 1. The molecule has 1 aromatic heterocycles. The number of carbonyl (C=O) groups excluding carboxylic acids is 4. The Hall–Kier alpha value is -4.35.